The first-order valence-corrected chi connectivity index (χ1v) is 6.20. The molecule has 118 valence electrons. The van der Waals surface area contributed by atoms with Gasteiger partial charge in [-0.1, -0.05) is 11.6 Å². The van der Waals surface area contributed by atoms with Crippen LogP contribution in [0.3, 0.4) is 0 Å². The van der Waals surface area contributed by atoms with Crippen molar-refractivity contribution in [2.45, 2.75) is 6.18 Å². The van der Waals surface area contributed by atoms with Crippen LogP contribution >= 0.6 is 11.6 Å². The number of hydrogen-bond acceptors (Lipinski definition) is 5. The van der Waals surface area contributed by atoms with Crippen LogP contribution in [-0.2, 0) is 15.7 Å². The molecular weight excluding hydrogens is 313 g/mol. The molecule has 0 fully saturated rings. The first-order chi connectivity index (χ1) is 9.74. The summed E-state index contributed by atoms with van der Waals surface area (Å²) in [7, 11) is 2.91. The Morgan fingerprint density at radius 1 is 1.48 bits per heavy atom. The average Bonchev–Trinajstić information content (AvgIpc) is 2.37. The van der Waals surface area contributed by atoms with Crippen LogP contribution < -0.4 is 10.2 Å². The van der Waals surface area contributed by atoms with Crippen molar-refractivity contribution in [1.29, 1.82) is 0 Å². The molecule has 1 N–H and O–H groups in total. The molecule has 0 bridgehead atoms. The van der Waals surface area contributed by atoms with Crippen LogP contribution in [-0.4, -0.2) is 49.7 Å². The molecule has 0 aliphatic heterocycles. The smallest absolute Gasteiger partial charge is 0.383 e. The molecule has 1 amide bonds. The van der Waals surface area contributed by atoms with Gasteiger partial charge in [0.2, 0.25) is 11.7 Å². The zero-order valence-corrected chi connectivity index (χ0v) is 12.1. The Morgan fingerprint density at radius 2 is 2.14 bits per heavy atom. The van der Waals surface area contributed by atoms with E-state index in [-0.39, 0.29) is 23.4 Å². The van der Waals surface area contributed by atoms with Gasteiger partial charge in [-0.25, -0.2) is 9.97 Å². The molecule has 0 aliphatic carbocycles. The summed E-state index contributed by atoms with van der Waals surface area (Å²) in [6.07, 6.45) is -4.71. The Hall–Kier alpha value is -1.61. The second-order valence-corrected chi connectivity index (χ2v) is 4.46. The third-order valence-corrected chi connectivity index (χ3v) is 2.53. The summed E-state index contributed by atoms with van der Waals surface area (Å²) in [5, 5.41) is 2.19. The van der Waals surface area contributed by atoms with E-state index in [1.807, 2.05) is 0 Å². The van der Waals surface area contributed by atoms with Gasteiger partial charge in [0.15, 0.2) is 0 Å². The number of alkyl halides is 3. The van der Waals surface area contributed by atoms with Crippen LogP contribution in [0.4, 0.5) is 19.0 Å². The zero-order valence-electron chi connectivity index (χ0n) is 11.4. The fourth-order valence-electron chi connectivity index (χ4n) is 1.37. The zero-order chi connectivity index (χ0) is 16.0. The van der Waals surface area contributed by atoms with Gasteiger partial charge in [0.1, 0.15) is 11.0 Å². The lowest BCUT2D eigenvalue weighted by molar-refractivity contribution is -0.144. The molecule has 0 spiro atoms. The van der Waals surface area contributed by atoms with E-state index in [4.69, 9.17) is 16.3 Å². The highest BCUT2D eigenvalue weighted by Crippen LogP contribution is 2.28. The molecule has 0 unspecified atom stereocenters. The highest BCUT2D eigenvalue weighted by molar-refractivity contribution is 6.29. The van der Waals surface area contributed by atoms with E-state index in [1.165, 1.54) is 19.1 Å². The summed E-state index contributed by atoms with van der Waals surface area (Å²) in [5.74, 6) is -1.82. The Bertz CT molecular complexity index is 499. The van der Waals surface area contributed by atoms with Crippen molar-refractivity contribution < 1.29 is 22.7 Å². The maximum atomic E-state index is 12.6. The fourth-order valence-corrected chi connectivity index (χ4v) is 1.55. The molecule has 0 atom stereocenters. The molecule has 1 heterocycles. The lowest BCUT2D eigenvalue weighted by Gasteiger charge is -2.18. The summed E-state index contributed by atoms with van der Waals surface area (Å²) in [4.78, 5) is 19.3. The van der Waals surface area contributed by atoms with E-state index in [9.17, 15) is 18.0 Å². The molecule has 1 aromatic heterocycles. The molecule has 0 aromatic carbocycles. The minimum atomic E-state index is -4.71. The van der Waals surface area contributed by atoms with Gasteiger partial charge in [0.25, 0.3) is 0 Å². The number of carbonyl (C=O) groups excluding carboxylic acids is 1. The van der Waals surface area contributed by atoms with Crippen molar-refractivity contribution in [3.63, 3.8) is 0 Å². The van der Waals surface area contributed by atoms with Crippen LogP contribution in [0.1, 0.15) is 5.82 Å². The Kier molecular flexibility index (Phi) is 6.16. The number of nitrogens with one attached hydrogen (secondary N) is 1. The van der Waals surface area contributed by atoms with Crippen molar-refractivity contribution in [1.82, 2.24) is 15.3 Å². The predicted molar refractivity (Wildman–Crippen MR) is 70.2 cm³/mol. The van der Waals surface area contributed by atoms with Crippen molar-refractivity contribution in [2.24, 2.45) is 0 Å². The number of anilines is 1. The van der Waals surface area contributed by atoms with E-state index in [2.05, 4.69) is 15.3 Å². The molecule has 21 heavy (non-hydrogen) atoms. The standard InChI is InChI=1S/C11H14ClF3N4O2/c1-19(6-9(20)16-3-4-21-2)8-5-7(12)17-10(18-8)11(13,14)15/h5H,3-4,6H2,1-2H3,(H,16,20). The van der Waals surface area contributed by atoms with Gasteiger partial charge in [-0.2, -0.15) is 13.2 Å². The van der Waals surface area contributed by atoms with E-state index in [1.54, 1.807) is 0 Å². The molecule has 0 saturated heterocycles. The first-order valence-electron chi connectivity index (χ1n) is 5.82. The van der Waals surface area contributed by atoms with E-state index >= 15 is 0 Å². The Labute approximate surface area is 124 Å². The molecule has 1 rings (SSSR count). The third-order valence-electron chi connectivity index (χ3n) is 2.34. The summed E-state index contributed by atoms with van der Waals surface area (Å²) in [5.41, 5.74) is 0. The minimum Gasteiger partial charge on any atom is -0.383 e. The number of halogens is 4. The predicted octanol–water partition coefficient (Wildman–Crippen LogP) is 1.35. The highest BCUT2D eigenvalue weighted by atomic mass is 35.5. The molecule has 10 heteroatoms. The number of hydrogen-bond donors (Lipinski definition) is 1. The van der Waals surface area contributed by atoms with Crippen molar-refractivity contribution in [2.75, 3.05) is 38.8 Å². The van der Waals surface area contributed by atoms with Crippen molar-refractivity contribution >= 4 is 23.3 Å². The van der Waals surface area contributed by atoms with Crippen LogP contribution in [0.25, 0.3) is 0 Å². The quantitative estimate of drug-likeness (QED) is 0.631. The molecule has 6 nitrogen and oxygen atoms in total. The van der Waals surface area contributed by atoms with Gasteiger partial charge in [-0.3, -0.25) is 4.79 Å². The van der Waals surface area contributed by atoms with Gasteiger partial charge >= 0.3 is 6.18 Å². The number of aromatic nitrogens is 2. The molecular formula is C11H14ClF3N4O2. The average molecular weight is 327 g/mol. The molecule has 1 aromatic rings. The number of nitrogens with zero attached hydrogens (tertiary/aromatic N) is 3. The van der Waals surface area contributed by atoms with Gasteiger partial charge < -0.3 is 15.0 Å². The molecule has 0 aliphatic rings. The summed E-state index contributed by atoms with van der Waals surface area (Å²) in [6.45, 7) is 0.475. The minimum absolute atomic E-state index is 0.0933. The van der Waals surface area contributed by atoms with Gasteiger partial charge in [0.05, 0.1) is 13.2 Å². The lowest BCUT2D eigenvalue weighted by Crippen LogP contribution is -2.37. The second-order valence-electron chi connectivity index (χ2n) is 4.07. The van der Waals surface area contributed by atoms with Crippen LogP contribution in [0.5, 0.6) is 0 Å². The third kappa shape index (κ3) is 5.72. The largest absolute Gasteiger partial charge is 0.451 e. The summed E-state index contributed by atoms with van der Waals surface area (Å²) in [6, 6.07) is 1.15. The SMILES string of the molecule is COCCNC(=O)CN(C)c1cc(Cl)nc(C(F)(F)F)n1. The van der Waals surface area contributed by atoms with E-state index < -0.39 is 12.0 Å². The number of likely N-dealkylation sites (N-methyl/N-ethyl adjacent to an activating group) is 1. The molecule has 0 radical (unpaired) electrons. The summed E-state index contributed by atoms with van der Waals surface area (Å²) < 4.78 is 42.5. The van der Waals surface area contributed by atoms with Crippen LogP contribution in [0.2, 0.25) is 5.15 Å². The Morgan fingerprint density at radius 3 is 2.71 bits per heavy atom. The van der Waals surface area contributed by atoms with Crippen molar-refractivity contribution in [3.05, 3.63) is 17.0 Å². The maximum absolute atomic E-state index is 12.6. The highest BCUT2D eigenvalue weighted by Gasteiger charge is 2.35. The van der Waals surface area contributed by atoms with Crippen LogP contribution in [0.15, 0.2) is 6.07 Å². The number of carbonyl (C=O) groups is 1. The number of amides is 1. The first kappa shape index (κ1) is 17.4. The summed E-state index contributed by atoms with van der Waals surface area (Å²) >= 11 is 5.54. The maximum Gasteiger partial charge on any atom is 0.451 e. The van der Waals surface area contributed by atoms with Gasteiger partial charge in [0, 0.05) is 26.8 Å². The number of ether oxygens (including phenoxy) is 1. The monoisotopic (exact) mass is 326 g/mol. The molecule has 0 saturated carbocycles. The topological polar surface area (TPSA) is 67.3 Å². The van der Waals surface area contributed by atoms with E-state index in [0.29, 0.717) is 13.2 Å². The Balaban J connectivity index is 2.76. The lowest BCUT2D eigenvalue weighted by atomic mass is 10.4. The van der Waals surface area contributed by atoms with Gasteiger partial charge in [-0.05, 0) is 0 Å². The normalized spacial score (nSPS) is 11.3. The fraction of sp³-hybridized carbons (Fsp3) is 0.545. The van der Waals surface area contributed by atoms with Crippen molar-refractivity contribution in [3.8, 4) is 0 Å². The number of methoxy groups -OCH3 is 1. The number of rotatable bonds is 6. The van der Waals surface area contributed by atoms with E-state index in [0.717, 1.165) is 6.07 Å². The van der Waals surface area contributed by atoms with Gasteiger partial charge in [-0.15, -0.1) is 0 Å². The van der Waals surface area contributed by atoms with Crippen LogP contribution in [0, 0.1) is 0 Å². The second kappa shape index (κ2) is 7.41.